The lowest BCUT2D eigenvalue weighted by molar-refractivity contribution is 0.0140. The molecule has 0 spiro atoms. The number of alkyl halides is 6. The summed E-state index contributed by atoms with van der Waals surface area (Å²) in [6, 6.07) is 5.38. The predicted octanol–water partition coefficient (Wildman–Crippen LogP) is 7.89. The number of nitrogens with one attached hydrogen (secondary N) is 4. The summed E-state index contributed by atoms with van der Waals surface area (Å²) in [5.41, 5.74) is 7.01. The van der Waals surface area contributed by atoms with Crippen molar-refractivity contribution in [3.05, 3.63) is 69.1 Å². The lowest BCUT2D eigenvalue weighted by atomic mass is 9.97. The van der Waals surface area contributed by atoms with Crippen molar-refractivity contribution in [1.82, 2.24) is 35.0 Å². The van der Waals surface area contributed by atoms with Gasteiger partial charge in [-0.2, -0.15) is 0 Å². The van der Waals surface area contributed by atoms with Gasteiger partial charge in [-0.15, -0.1) is 82.0 Å². The molecule has 0 saturated carbocycles. The normalized spacial score (nSPS) is 20.1. The zero-order chi connectivity index (χ0) is 42.9. The fraction of sp³-hybridized carbons (Fsp3) is 0.600. The number of piperazine rings is 2. The lowest BCUT2D eigenvalue weighted by Crippen LogP contribution is -2.51. The average molecular weight is 975 g/mol. The van der Waals surface area contributed by atoms with Crippen LogP contribution >= 0.6 is 82.0 Å². The number of hydrogen-bond donors (Lipinski definition) is 5. The minimum absolute atomic E-state index is 0. The Bertz CT molecular complexity index is 2020. The molecule has 3 amide bonds. The molecule has 2 saturated heterocycles. The van der Waals surface area contributed by atoms with Crippen LogP contribution in [0.2, 0.25) is 0 Å². The van der Waals surface area contributed by atoms with E-state index in [0.29, 0.717) is 76.1 Å². The van der Waals surface area contributed by atoms with E-state index in [1.807, 2.05) is 37.8 Å². The smallest absolute Gasteiger partial charge is 0.410 e. The van der Waals surface area contributed by atoms with Crippen LogP contribution in [-0.2, 0) is 43.3 Å². The van der Waals surface area contributed by atoms with E-state index in [9.17, 15) is 19.2 Å². The first-order valence-corrected chi connectivity index (χ1v) is 22.1. The molecule has 0 aromatic carbocycles. The third-order valence-corrected chi connectivity index (χ3v) is 12.8. The van der Waals surface area contributed by atoms with E-state index in [0.717, 1.165) is 79.2 Å². The Balaban J connectivity index is 0.000000177. The monoisotopic (exact) mass is 971 g/mol. The van der Waals surface area contributed by atoms with Crippen LogP contribution in [-0.4, -0.2) is 130 Å². The number of fused-ring (bicyclic) bond motifs is 3. The Morgan fingerprint density at radius 2 is 0.950 bits per heavy atom. The molecule has 0 radical (unpaired) electrons. The highest BCUT2D eigenvalue weighted by Crippen LogP contribution is 2.39. The van der Waals surface area contributed by atoms with Crippen LogP contribution in [0.25, 0.3) is 0 Å². The Kier molecular flexibility index (Phi) is 15.8. The van der Waals surface area contributed by atoms with E-state index in [-0.39, 0.29) is 36.0 Å². The number of amides is 3. The van der Waals surface area contributed by atoms with Gasteiger partial charge in [0, 0.05) is 88.7 Å². The number of aryl methyl sites for hydroxylation is 3. The Morgan fingerprint density at radius 1 is 0.600 bits per heavy atom. The van der Waals surface area contributed by atoms with Gasteiger partial charge >= 0.3 is 12.1 Å². The van der Waals surface area contributed by atoms with E-state index in [1.165, 1.54) is 0 Å². The van der Waals surface area contributed by atoms with E-state index in [1.54, 1.807) is 15.9 Å². The number of carboxylic acids is 1. The van der Waals surface area contributed by atoms with Gasteiger partial charge in [-0.05, 0) is 94.2 Å². The molecule has 0 unspecified atom stereocenters. The molecule has 0 bridgehead atoms. The standard InChI is InChI=1S/C18H25Cl2N3O3.C13H17Cl2N3O.C9H9Cl2NO2.ClH/c1-17(2,3)26-16(25)23-8-6-22(7-9-23)15(24)14-10-12-11-18(19,20)5-4-13(12)21-14;14-13(15)2-1-10-9(8-13)7-11(17-10)12(19)18-5-3-16-4-6-18;10-9(11)2-1-6-5(4-9)3-7(12-6)8(13)14;/h10,21H,4-9,11H2,1-3H3;7,16-17H,1-6,8H2;3,12H,1-2,4H2,(H,13,14);1H. The van der Waals surface area contributed by atoms with Crippen molar-refractivity contribution in [3.8, 4) is 0 Å². The second kappa shape index (κ2) is 19.5. The van der Waals surface area contributed by atoms with Crippen molar-refractivity contribution < 1.29 is 29.0 Å². The Hall–Kier alpha value is -2.49. The van der Waals surface area contributed by atoms with Gasteiger partial charge in [0.15, 0.2) is 0 Å². The van der Waals surface area contributed by atoms with Crippen molar-refractivity contribution in [1.29, 1.82) is 0 Å². The number of carbonyl (C=O) groups excluding carboxylic acids is 3. The van der Waals surface area contributed by atoms with Crippen LogP contribution in [0.3, 0.4) is 0 Å². The van der Waals surface area contributed by atoms with Gasteiger partial charge in [0.1, 0.15) is 35.7 Å². The van der Waals surface area contributed by atoms with Crippen molar-refractivity contribution in [3.63, 3.8) is 0 Å². The zero-order valence-corrected chi connectivity index (χ0v) is 39.1. The summed E-state index contributed by atoms with van der Waals surface area (Å²) in [6.07, 6.45) is 5.63. The predicted molar refractivity (Wildman–Crippen MR) is 238 cm³/mol. The first-order valence-electron chi connectivity index (χ1n) is 19.8. The van der Waals surface area contributed by atoms with E-state index in [2.05, 4.69) is 20.3 Å². The van der Waals surface area contributed by atoms with Crippen LogP contribution in [0.5, 0.6) is 0 Å². The van der Waals surface area contributed by atoms with Crippen LogP contribution in [0, 0.1) is 0 Å². The molecule has 5 aliphatic rings. The summed E-state index contributed by atoms with van der Waals surface area (Å²) >= 11 is 36.8. The zero-order valence-electron chi connectivity index (χ0n) is 33.8. The summed E-state index contributed by atoms with van der Waals surface area (Å²) < 4.78 is 3.19. The van der Waals surface area contributed by atoms with E-state index in [4.69, 9.17) is 79.4 Å². The second-order valence-corrected chi connectivity index (χ2v) is 21.7. The molecular weight excluding hydrogens is 923 g/mol. The fourth-order valence-corrected chi connectivity index (χ4v) is 9.19. The number of nitrogens with zero attached hydrogens (tertiary/aromatic N) is 3. The minimum Gasteiger partial charge on any atom is -0.477 e. The molecule has 20 heteroatoms. The molecule has 3 aromatic heterocycles. The molecule has 3 aromatic rings. The maximum absolute atomic E-state index is 12.8. The molecule has 8 rings (SSSR count). The van der Waals surface area contributed by atoms with Crippen molar-refractivity contribution in [2.24, 2.45) is 0 Å². The quantitative estimate of drug-likeness (QED) is 0.167. The van der Waals surface area contributed by atoms with Gasteiger partial charge in [0.2, 0.25) is 0 Å². The summed E-state index contributed by atoms with van der Waals surface area (Å²) in [4.78, 5) is 62.6. The molecule has 60 heavy (non-hydrogen) atoms. The van der Waals surface area contributed by atoms with Gasteiger partial charge < -0.3 is 44.8 Å². The second-order valence-electron chi connectivity index (χ2n) is 16.8. The van der Waals surface area contributed by atoms with Crippen molar-refractivity contribution >= 4 is 106 Å². The Morgan fingerprint density at radius 3 is 1.33 bits per heavy atom. The molecule has 2 aliphatic heterocycles. The highest BCUT2D eigenvalue weighted by Gasteiger charge is 2.35. The highest BCUT2D eigenvalue weighted by atomic mass is 35.5. The highest BCUT2D eigenvalue weighted by molar-refractivity contribution is 6.49. The van der Waals surface area contributed by atoms with Gasteiger partial charge in [-0.3, -0.25) is 9.59 Å². The summed E-state index contributed by atoms with van der Waals surface area (Å²) in [7, 11) is 0. The number of aromatic nitrogens is 3. The number of carboxylic acid groups (broad SMARTS) is 1. The molecule has 5 N–H and O–H groups in total. The fourth-order valence-electron chi connectivity index (χ4n) is 7.76. The number of carbonyl (C=O) groups is 4. The number of rotatable bonds is 3. The summed E-state index contributed by atoms with van der Waals surface area (Å²) in [5, 5.41) is 12.0. The topological polar surface area (TPSA) is 167 Å². The first-order chi connectivity index (χ1) is 27.6. The molecule has 3 aliphatic carbocycles. The van der Waals surface area contributed by atoms with Crippen LogP contribution in [0.4, 0.5) is 4.79 Å². The van der Waals surface area contributed by atoms with Gasteiger partial charge in [0.25, 0.3) is 11.8 Å². The number of H-pyrrole nitrogens is 3. The molecule has 2 fully saturated rings. The third-order valence-electron chi connectivity index (χ3n) is 10.9. The van der Waals surface area contributed by atoms with Gasteiger partial charge in [0.05, 0.1) is 0 Å². The maximum Gasteiger partial charge on any atom is 0.410 e. The number of hydrogen-bond acceptors (Lipinski definition) is 6. The van der Waals surface area contributed by atoms with Gasteiger partial charge in [-0.25, -0.2) is 9.59 Å². The number of ether oxygens (including phenoxy) is 1. The van der Waals surface area contributed by atoms with Crippen molar-refractivity contribution in [2.75, 3.05) is 52.4 Å². The number of aromatic carboxylic acids is 1. The largest absolute Gasteiger partial charge is 0.477 e. The summed E-state index contributed by atoms with van der Waals surface area (Å²) in [6.45, 7) is 10.7. The third kappa shape index (κ3) is 12.8. The van der Waals surface area contributed by atoms with Crippen LogP contribution in [0.1, 0.15) is 105 Å². The molecular formula is C40H52Cl7N7O6. The first kappa shape index (κ1) is 48.5. The summed E-state index contributed by atoms with van der Waals surface area (Å²) in [5.74, 6) is -0.933. The molecule has 0 atom stereocenters. The van der Waals surface area contributed by atoms with E-state index >= 15 is 0 Å². The Labute approximate surface area is 386 Å². The van der Waals surface area contributed by atoms with Crippen LogP contribution < -0.4 is 5.32 Å². The van der Waals surface area contributed by atoms with E-state index < -0.39 is 24.6 Å². The van der Waals surface area contributed by atoms with Gasteiger partial charge in [-0.1, -0.05) is 0 Å². The molecule has 5 heterocycles. The van der Waals surface area contributed by atoms with Crippen molar-refractivity contribution in [2.45, 2.75) is 97.2 Å². The minimum atomic E-state index is -0.950. The number of halogens is 7. The van der Waals surface area contributed by atoms with Crippen LogP contribution in [0.15, 0.2) is 18.2 Å². The number of aromatic amines is 3. The molecule has 332 valence electrons. The molecule has 13 nitrogen and oxygen atoms in total. The average Bonchev–Trinajstić information content (AvgIpc) is 3.89. The SMILES string of the molecule is CC(C)(C)OC(=O)N1CCN(C(=O)c2cc3c([nH]2)CCC(Cl)(Cl)C3)CC1.Cl.O=C(O)c1cc2c([nH]1)CCC(Cl)(Cl)C2.O=C(c1cc2c([nH]1)CCC(Cl)(Cl)C2)N1CCNCC1. The maximum atomic E-state index is 12.8. The lowest BCUT2D eigenvalue weighted by Gasteiger charge is -2.35.